The van der Waals surface area contributed by atoms with Crippen molar-refractivity contribution in [3.8, 4) is 0 Å². The predicted molar refractivity (Wildman–Crippen MR) is 80.4 cm³/mol. The fourth-order valence-corrected chi connectivity index (χ4v) is 3.20. The van der Waals surface area contributed by atoms with E-state index in [2.05, 4.69) is 10.3 Å². The fourth-order valence-electron chi connectivity index (χ4n) is 1.82. The van der Waals surface area contributed by atoms with Crippen LogP contribution in [-0.2, 0) is 16.8 Å². The van der Waals surface area contributed by atoms with Gasteiger partial charge in [0.15, 0.2) is 0 Å². The third kappa shape index (κ3) is 4.82. The van der Waals surface area contributed by atoms with Gasteiger partial charge in [-0.2, -0.15) is 17.0 Å². The smallest absolute Gasteiger partial charge is 0.282 e. The van der Waals surface area contributed by atoms with E-state index in [0.717, 1.165) is 18.7 Å². The van der Waals surface area contributed by atoms with Crippen molar-refractivity contribution in [1.29, 1.82) is 0 Å². The Kier molecular flexibility index (Phi) is 7.08. The van der Waals surface area contributed by atoms with Gasteiger partial charge in [0.2, 0.25) is 0 Å². The Morgan fingerprint density at radius 2 is 2.10 bits per heavy atom. The minimum Gasteiger partial charge on any atom is -0.320 e. The van der Waals surface area contributed by atoms with Crippen LogP contribution in [0.25, 0.3) is 0 Å². The van der Waals surface area contributed by atoms with E-state index in [4.69, 9.17) is 0 Å². The third-order valence-corrected chi connectivity index (χ3v) is 5.05. The second kappa shape index (κ2) is 8.31. The molecule has 0 fully saturated rings. The minimum absolute atomic E-state index is 0.302. The van der Waals surface area contributed by atoms with E-state index < -0.39 is 10.2 Å². The molecular weight excluding hydrogens is 276 g/mol. The van der Waals surface area contributed by atoms with E-state index in [-0.39, 0.29) is 0 Å². The lowest BCUT2D eigenvalue weighted by molar-refractivity contribution is 0.359. The van der Waals surface area contributed by atoms with Crippen molar-refractivity contribution in [2.24, 2.45) is 0 Å². The molecule has 0 aromatic carbocycles. The summed E-state index contributed by atoms with van der Waals surface area (Å²) in [6, 6.07) is 5.51. The van der Waals surface area contributed by atoms with Crippen LogP contribution >= 0.6 is 0 Å². The molecule has 0 spiro atoms. The van der Waals surface area contributed by atoms with Gasteiger partial charge in [-0.05, 0) is 32.1 Å². The predicted octanol–water partition coefficient (Wildman–Crippen LogP) is 0.690. The Bertz CT molecular complexity index is 478. The molecule has 1 heterocycles. The van der Waals surface area contributed by atoms with Gasteiger partial charge in [0, 0.05) is 26.3 Å². The van der Waals surface area contributed by atoms with Gasteiger partial charge in [0.05, 0.1) is 12.2 Å². The van der Waals surface area contributed by atoms with E-state index in [1.165, 1.54) is 8.61 Å². The summed E-state index contributed by atoms with van der Waals surface area (Å²) in [6.07, 6.45) is 2.46. The van der Waals surface area contributed by atoms with Crippen molar-refractivity contribution in [3.05, 3.63) is 30.1 Å². The molecule has 114 valence electrons. The number of aromatic nitrogens is 1. The first-order valence-electron chi connectivity index (χ1n) is 6.78. The molecule has 0 saturated heterocycles. The fraction of sp³-hybridized carbons (Fsp3) is 0.615. The molecule has 7 heteroatoms. The molecule has 6 nitrogen and oxygen atoms in total. The van der Waals surface area contributed by atoms with Gasteiger partial charge in [-0.1, -0.05) is 13.0 Å². The zero-order chi connectivity index (χ0) is 15.0. The van der Waals surface area contributed by atoms with Crippen molar-refractivity contribution in [2.75, 3.05) is 33.7 Å². The zero-order valence-corrected chi connectivity index (χ0v) is 13.2. The summed E-state index contributed by atoms with van der Waals surface area (Å²) < 4.78 is 27.8. The Labute approximate surface area is 122 Å². The maximum Gasteiger partial charge on any atom is 0.282 e. The van der Waals surface area contributed by atoms with E-state index in [0.29, 0.717) is 19.6 Å². The van der Waals surface area contributed by atoms with Crippen molar-refractivity contribution in [3.63, 3.8) is 0 Å². The second-order valence-corrected chi connectivity index (χ2v) is 6.57. The lowest BCUT2D eigenvalue weighted by atomic mass is 10.3. The molecular formula is C13H24N4O2S. The molecule has 1 N–H and O–H groups in total. The van der Waals surface area contributed by atoms with Crippen LogP contribution in [0.2, 0.25) is 0 Å². The Balaban J connectivity index is 2.71. The number of nitrogens with zero attached hydrogens (tertiary/aromatic N) is 3. The minimum atomic E-state index is -3.43. The molecule has 1 rings (SSSR count). The van der Waals surface area contributed by atoms with Gasteiger partial charge in [0.25, 0.3) is 10.2 Å². The largest absolute Gasteiger partial charge is 0.320 e. The van der Waals surface area contributed by atoms with Crippen LogP contribution in [0.15, 0.2) is 24.4 Å². The molecule has 0 saturated carbocycles. The number of rotatable bonds is 9. The van der Waals surface area contributed by atoms with Crippen molar-refractivity contribution < 1.29 is 8.42 Å². The van der Waals surface area contributed by atoms with Crippen LogP contribution in [-0.4, -0.2) is 55.7 Å². The van der Waals surface area contributed by atoms with Gasteiger partial charge < -0.3 is 5.32 Å². The van der Waals surface area contributed by atoms with Crippen molar-refractivity contribution in [1.82, 2.24) is 18.9 Å². The highest BCUT2D eigenvalue weighted by Crippen LogP contribution is 2.10. The number of hydrogen-bond donors (Lipinski definition) is 1. The summed E-state index contributed by atoms with van der Waals surface area (Å²) in [7, 11) is 0.0413. The van der Waals surface area contributed by atoms with Crippen LogP contribution in [0.4, 0.5) is 0 Å². The maximum absolute atomic E-state index is 12.5. The third-order valence-electron chi connectivity index (χ3n) is 3.04. The average Bonchev–Trinajstić information content (AvgIpc) is 2.45. The molecule has 0 aliphatic heterocycles. The molecule has 0 aliphatic rings. The van der Waals surface area contributed by atoms with E-state index in [9.17, 15) is 8.42 Å². The summed E-state index contributed by atoms with van der Waals surface area (Å²) in [4.78, 5) is 4.18. The topological polar surface area (TPSA) is 65.5 Å². The molecule has 0 amide bonds. The quantitative estimate of drug-likeness (QED) is 0.682. The number of hydrogen-bond acceptors (Lipinski definition) is 4. The lowest BCUT2D eigenvalue weighted by Crippen LogP contribution is -2.42. The molecule has 1 aromatic heterocycles. The van der Waals surface area contributed by atoms with Crippen LogP contribution < -0.4 is 5.32 Å². The Morgan fingerprint density at radius 1 is 1.35 bits per heavy atom. The van der Waals surface area contributed by atoms with Gasteiger partial charge >= 0.3 is 0 Å². The first-order chi connectivity index (χ1) is 9.52. The summed E-state index contributed by atoms with van der Waals surface area (Å²) >= 11 is 0. The maximum atomic E-state index is 12.5. The molecule has 20 heavy (non-hydrogen) atoms. The summed E-state index contributed by atoms with van der Waals surface area (Å²) in [5.74, 6) is 0. The summed E-state index contributed by atoms with van der Waals surface area (Å²) in [5.41, 5.74) is 0.751. The average molecular weight is 300 g/mol. The molecule has 0 aliphatic carbocycles. The number of nitrogens with one attached hydrogen (secondary N) is 1. The second-order valence-electron chi connectivity index (χ2n) is 4.53. The van der Waals surface area contributed by atoms with Gasteiger partial charge in [-0.3, -0.25) is 4.98 Å². The summed E-state index contributed by atoms with van der Waals surface area (Å²) in [6.45, 7) is 3.86. The first-order valence-corrected chi connectivity index (χ1v) is 8.18. The monoisotopic (exact) mass is 300 g/mol. The standard InChI is InChI=1S/C13H24N4O2S/c1-4-17(12-13-8-5-6-10-15-13)20(18,19)16(3)11-7-9-14-2/h5-6,8,10,14H,4,7,9,11-12H2,1-3H3. The zero-order valence-electron chi connectivity index (χ0n) is 12.4. The highest BCUT2D eigenvalue weighted by molar-refractivity contribution is 7.86. The highest BCUT2D eigenvalue weighted by Gasteiger charge is 2.25. The number of pyridine rings is 1. The first kappa shape index (κ1) is 17.0. The van der Waals surface area contributed by atoms with Gasteiger partial charge in [0.1, 0.15) is 0 Å². The highest BCUT2D eigenvalue weighted by atomic mass is 32.2. The van der Waals surface area contributed by atoms with Crippen LogP contribution in [0, 0.1) is 0 Å². The van der Waals surface area contributed by atoms with E-state index in [1.807, 2.05) is 32.2 Å². The Morgan fingerprint density at radius 3 is 2.65 bits per heavy atom. The van der Waals surface area contributed by atoms with Crippen LogP contribution in [0.5, 0.6) is 0 Å². The van der Waals surface area contributed by atoms with Gasteiger partial charge in [-0.25, -0.2) is 0 Å². The van der Waals surface area contributed by atoms with Crippen LogP contribution in [0.1, 0.15) is 19.0 Å². The summed E-state index contributed by atoms with van der Waals surface area (Å²) in [5, 5.41) is 3.01. The van der Waals surface area contributed by atoms with Crippen molar-refractivity contribution in [2.45, 2.75) is 19.9 Å². The van der Waals surface area contributed by atoms with Gasteiger partial charge in [-0.15, -0.1) is 0 Å². The normalized spacial score (nSPS) is 12.2. The SMILES string of the molecule is CCN(Cc1ccccn1)S(=O)(=O)N(C)CCCNC. The molecule has 0 atom stereocenters. The molecule has 0 radical (unpaired) electrons. The molecule has 0 bridgehead atoms. The van der Waals surface area contributed by atoms with E-state index in [1.54, 1.807) is 13.2 Å². The molecule has 1 aromatic rings. The van der Waals surface area contributed by atoms with E-state index >= 15 is 0 Å². The van der Waals surface area contributed by atoms with Crippen LogP contribution in [0.3, 0.4) is 0 Å². The Hall–Kier alpha value is -1.02. The molecule has 0 unspecified atom stereocenters. The lowest BCUT2D eigenvalue weighted by Gasteiger charge is -2.26. The van der Waals surface area contributed by atoms with Crippen molar-refractivity contribution >= 4 is 10.2 Å².